The van der Waals surface area contributed by atoms with Crippen LogP contribution in [0.3, 0.4) is 0 Å². The lowest BCUT2D eigenvalue weighted by molar-refractivity contribution is -0.208. The zero-order valence-electron chi connectivity index (χ0n) is 11.7. The van der Waals surface area contributed by atoms with Gasteiger partial charge in [-0.2, -0.15) is 5.26 Å². The molecule has 8 heteroatoms. The van der Waals surface area contributed by atoms with E-state index in [0.717, 1.165) is 5.69 Å². The van der Waals surface area contributed by atoms with Crippen LogP contribution in [0.4, 0.5) is 0 Å². The van der Waals surface area contributed by atoms with E-state index in [1.807, 2.05) is 13.1 Å². The lowest BCUT2D eigenvalue weighted by Crippen LogP contribution is -2.56. The first-order chi connectivity index (χ1) is 9.62. The largest absolute Gasteiger partial charge is 0.447 e. The molecule has 108 valence electrons. The number of guanidine groups is 1. The van der Waals surface area contributed by atoms with Gasteiger partial charge < -0.3 is 18.8 Å². The topological polar surface area (TPSA) is 95.9 Å². The molecule has 8 nitrogen and oxygen atoms in total. The van der Waals surface area contributed by atoms with Crippen molar-refractivity contribution in [3.63, 3.8) is 0 Å². The summed E-state index contributed by atoms with van der Waals surface area (Å²) in [5, 5.41) is 11.3. The minimum absolute atomic E-state index is 0.311. The number of hydrogen-bond acceptors (Lipinski definition) is 8. The van der Waals surface area contributed by atoms with E-state index in [-0.39, 0.29) is 0 Å². The van der Waals surface area contributed by atoms with Crippen molar-refractivity contribution in [1.82, 2.24) is 15.2 Å². The summed E-state index contributed by atoms with van der Waals surface area (Å²) >= 11 is 0. The standard InChI is InChI=1S/C12H17N5O3/c1-9-5-20-10(16-9)4-17-7-12(18-2,19-3)6-14-11(17)15-8-13/h5H,4,6-7H2,1-3H3,(H,14,15). The third-order valence-corrected chi connectivity index (χ3v) is 3.11. The van der Waals surface area contributed by atoms with Crippen molar-refractivity contribution in [2.24, 2.45) is 4.99 Å². The highest BCUT2D eigenvalue weighted by atomic mass is 16.7. The Morgan fingerprint density at radius 1 is 1.55 bits per heavy atom. The van der Waals surface area contributed by atoms with Gasteiger partial charge in [-0.3, -0.25) is 5.32 Å². The Bertz CT molecular complexity index is 529. The minimum Gasteiger partial charge on any atom is -0.447 e. The SMILES string of the molecule is COC1(OC)CN=C(NC#N)N(Cc2nc(C)co2)C1. The van der Waals surface area contributed by atoms with Gasteiger partial charge in [0, 0.05) is 14.2 Å². The van der Waals surface area contributed by atoms with Gasteiger partial charge in [-0.15, -0.1) is 0 Å². The van der Waals surface area contributed by atoms with Crippen LogP contribution in [0.15, 0.2) is 15.7 Å². The maximum atomic E-state index is 8.78. The molecule has 20 heavy (non-hydrogen) atoms. The molecule has 0 bridgehead atoms. The molecule has 0 aromatic carbocycles. The quantitative estimate of drug-likeness (QED) is 0.478. The number of nitriles is 1. The molecule has 1 aliphatic heterocycles. The predicted molar refractivity (Wildman–Crippen MR) is 69.4 cm³/mol. The molecule has 2 heterocycles. The van der Waals surface area contributed by atoms with Gasteiger partial charge in [0.2, 0.25) is 17.6 Å². The van der Waals surface area contributed by atoms with Crippen molar-refractivity contribution in [1.29, 1.82) is 5.26 Å². The fourth-order valence-electron chi connectivity index (χ4n) is 1.99. The van der Waals surface area contributed by atoms with Gasteiger partial charge in [0.25, 0.3) is 0 Å². The number of oxazole rings is 1. The molecule has 1 aliphatic rings. The van der Waals surface area contributed by atoms with E-state index in [2.05, 4.69) is 15.3 Å². The van der Waals surface area contributed by atoms with Gasteiger partial charge in [0.15, 0.2) is 6.19 Å². The van der Waals surface area contributed by atoms with E-state index >= 15 is 0 Å². The summed E-state index contributed by atoms with van der Waals surface area (Å²) in [6.45, 7) is 2.94. The minimum atomic E-state index is -0.831. The van der Waals surface area contributed by atoms with Crippen molar-refractivity contribution < 1.29 is 13.9 Å². The number of aromatic nitrogens is 1. The Morgan fingerprint density at radius 3 is 2.85 bits per heavy atom. The third-order valence-electron chi connectivity index (χ3n) is 3.11. The highest BCUT2D eigenvalue weighted by molar-refractivity contribution is 5.82. The van der Waals surface area contributed by atoms with E-state index in [1.54, 1.807) is 25.4 Å². The Hall–Kier alpha value is -2.11. The zero-order valence-corrected chi connectivity index (χ0v) is 11.7. The monoisotopic (exact) mass is 279 g/mol. The number of aryl methyl sites for hydroxylation is 1. The first kappa shape index (κ1) is 14.3. The van der Waals surface area contributed by atoms with E-state index in [0.29, 0.717) is 31.5 Å². The highest BCUT2D eigenvalue weighted by Gasteiger charge is 2.37. The van der Waals surface area contributed by atoms with Crippen LogP contribution >= 0.6 is 0 Å². The molecular weight excluding hydrogens is 262 g/mol. The molecule has 1 aromatic heterocycles. The molecule has 0 atom stereocenters. The second-order valence-electron chi connectivity index (χ2n) is 4.43. The number of nitrogens with zero attached hydrogens (tertiary/aromatic N) is 4. The van der Waals surface area contributed by atoms with Crippen molar-refractivity contribution in [3.05, 3.63) is 17.8 Å². The molecule has 0 amide bonds. The first-order valence-corrected chi connectivity index (χ1v) is 6.08. The molecule has 1 N–H and O–H groups in total. The molecule has 0 saturated carbocycles. The first-order valence-electron chi connectivity index (χ1n) is 6.08. The smallest absolute Gasteiger partial charge is 0.213 e. The number of methoxy groups -OCH3 is 2. The van der Waals surface area contributed by atoms with Gasteiger partial charge in [-0.25, -0.2) is 9.98 Å². The fraction of sp³-hybridized carbons (Fsp3) is 0.583. The number of hydrogen-bond donors (Lipinski definition) is 1. The summed E-state index contributed by atoms with van der Waals surface area (Å²) in [5.74, 6) is 0.161. The Balaban J connectivity index is 2.19. The maximum absolute atomic E-state index is 8.78. The normalized spacial score (nSPS) is 17.5. The van der Waals surface area contributed by atoms with E-state index in [1.165, 1.54) is 0 Å². The van der Waals surface area contributed by atoms with Gasteiger partial charge in [0.05, 0.1) is 25.3 Å². The third kappa shape index (κ3) is 2.89. The van der Waals surface area contributed by atoms with Crippen LogP contribution in [-0.2, 0) is 16.0 Å². The highest BCUT2D eigenvalue weighted by Crippen LogP contribution is 2.20. The molecule has 0 spiro atoms. The average Bonchev–Trinajstić information content (AvgIpc) is 2.86. The predicted octanol–water partition coefficient (Wildman–Crippen LogP) is 0.214. The summed E-state index contributed by atoms with van der Waals surface area (Å²) in [6, 6.07) is 0. The van der Waals surface area contributed by atoms with Gasteiger partial charge in [0.1, 0.15) is 6.26 Å². The Labute approximate surface area is 117 Å². The van der Waals surface area contributed by atoms with Crippen LogP contribution in [-0.4, -0.2) is 48.9 Å². The van der Waals surface area contributed by atoms with Crippen LogP contribution in [0.5, 0.6) is 0 Å². The van der Waals surface area contributed by atoms with Crippen molar-refractivity contribution in [3.8, 4) is 6.19 Å². The van der Waals surface area contributed by atoms with Crippen LogP contribution in [0.25, 0.3) is 0 Å². The van der Waals surface area contributed by atoms with E-state index in [9.17, 15) is 0 Å². The van der Waals surface area contributed by atoms with Crippen LogP contribution < -0.4 is 5.32 Å². The van der Waals surface area contributed by atoms with Crippen LogP contribution in [0, 0.1) is 18.4 Å². The molecule has 0 radical (unpaired) electrons. The Morgan fingerprint density at radius 2 is 2.30 bits per heavy atom. The molecule has 0 fully saturated rings. The summed E-state index contributed by atoms with van der Waals surface area (Å²) in [7, 11) is 3.13. The zero-order chi connectivity index (χ0) is 14.6. The summed E-state index contributed by atoms with van der Waals surface area (Å²) in [4.78, 5) is 10.3. The van der Waals surface area contributed by atoms with E-state index < -0.39 is 5.79 Å². The van der Waals surface area contributed by atoms with Crippen molar-refractivity contribution >= 4 is 5.96 Å². The second-order valence-corrected chi connectivity index (χ2v) is 4.43. The molecule has 0 saturated heterocycles. The van der Waals surface area contributed by atoms with Crippen molar-refractivity contribution in [2.45, 2.75) is 19.3 Å². The van der Waals surface area contributed by atoms with Crippen LogP contribution in [0.1, 0.15) is 11.6 Å². The summed E-state index contributed by atoms with van der Waals surface area (Å²) in [6.07, 6.45) is 3.44. The fourth-order valence-corrected chi connectivity index (χ4v) is 1.99. The molecule has 0 unspecified atom stereocenters. The maximum Gasteiger partial charge on any atom is 0.213 e. The summed E-state index contributed by atoms with van der Waals surface area (Å²) < 4.78 is 16.1. The average molecular weight is 279 g/mol. The van der Waals surface area contributed by atoms with Gasteiger partial charge in [-0.05, 0) is 6.92 Å². The van der Waals surface area contributed by atoms with Gasteiger partial charge >= 0.3 is 0 Å². The van der Waals surface area contributed by atoms with Crippen molar-refractivity contribution in [2.75, 3.05) is 27.3 Å². The number of rotatable bonds is 4. The number of aliphatic imine (C=N–C) groups is 1. The molecule has 2 rings (SSSR count). The molecule has 0 aliphatic carbocycles. The number of ether oxygens (including phenoxy) is 2. The van der Waals surface area contributed by atoms with Crippen LogP contribution in [0.2, 0.25) is 0 Å². The molecule has 1 aromatic rings. The second kappa shape index (κ2) is 5.90. The summed E-state index contributed by atoms with van der Waals surface area (Å²) in [5.41, 5.74) is 0.800. The molecular formula is C12H17N5O3. The lowest BCUT2D eigenvalue weighted by atomic mass is 10.2. The van der Waals surface area contributed by atoms with E-state index in [4.69, 9.17) is 19.2 Å². The lowest BCUT2D eigenvalue weighted by Gasteiger charge is -2.39. The Kier molecular flexibility index (Phi) is 4.22. The number of nitrogens with one attached hydrogen (secondary N) is 1. The van der Waals surface area contributed by atoms with Gasteiger partial charge in [-0.1, -0.05) is 0 Å².